The largest absolute Gasteiger partial charge is 0.503 e. The van der Waals surface area contributed by atoms with Crippen molar-refractivity contribution in [2.45, 2.75) is 20.3 Å². The van der Waals surface area contributed by atoms with Gasteiger partial charge in [0.05, 0.1) is 5.02 Å². The molecule has 0 heterocycles. The summed E-state index contributed by atoms with van der Waals surface area (Å²) in [5.41, 5.74) is 0.509. The van der Waals surface area contributed by atoms with Gasteiger partial charge in [-0.1, -0.05) is 25.4 Å². The Morgan fingerprint density at radius 3 is 2.43 bits per heavy atom. The number of phenols is 2. The first-order valence-electron chi connectivity index (χ1n) is 4.32. The fourth-order valence-corrected chi connectivity index (χ4v) is 1.46. The van der Waals surface area contributed by atoms with E-state index in [0.29, 0.717) is 17.9 Å². The molecule has 0 atom stereocenters. The Balaban J connectivity index is 3.19. The molecule has 0 unspecified atom stereocenters. The minimum absolute atomic E-state index is 0.0256. The second-order valence-electron chi connectivity index (χ2n) is 3.63. The van der Waals surface area contributed by atoms with E-state index in [0.717, 1.165) is 6.07 Å². The summed E-state index contributed by atoms with van der Waals surface area (Å²) in [6.45, 7) is 3.91. The first kappa shape index (κ1) is 11.1. The van der Waals surface area contributed by atoms with Gasteiger partial charge >= 0.3 is 0 Å². The van der Waals surface area contributed by atoms with Gasteiger partial charge in [0.15, 0.2) is 17.3 Å². The summed E-state index contributed by atoms with van der Waals surface area (Å²) in [7, 11) is 0. The highest BCUT2D eigenvalue weighted by Gasteiger charge is 2.16. The molecule has 0 saturated carbocycles. The Bertz CT molecular complexity index is 350. The number of hydrogen-bond donors (Lipinski definition) is 2. The zero-order valence-corrected chi connectivity index (χ0v) is 8.77. The van der Waals surface area contributed by atoms with Crippen LogP contribution in [0.4, 0.5) is 4.39 Å². The SMILES string of the molecule is CC(C)Cc1cc(F)c(O)c(O)c1Cl. The zero-order chi connectivity index (χ0) is 10.9. The lowest BCUT2D eigenvalue weighted by molar-refractivity contribution is 0.378. The molecule has 0 amide bonds. The number of benzene rings is 1. The van der Waals surface area contributed by atoms with Crippen molar-refractivity contribution in [2.75, 3.05) is 0 Å². The van der Waals surface area contributed by atoms with E-state index in [1.54, 1.807) is 0 Å². The molecule has 78 valence electrons. The van der Waals surface area contributed by atoms with Crippen LogP contribution in [0.2, 0.25) is 5.02 Å². The molecule has 0 spiro atoms. The number of halogens is 2. The smallest absolute Gasteiger partial charge is 0.195 e. The predicted octanol–water partition coefficient (Wildman–Crippen LogP) is 3.09. The van der Waals surface area contributed by atoms with Crippen LogP contribution in [-0.2, 0) is 6.42 Å². The minimum Gasteiger partial charge on any atom is -0.503 e. The van der Waals surface area contributed by atoms with Crippen LogP contribution in [0, 0.1) is 11.7 Å². The first-order chi connectivity index (χ1) is 6.43. The maximum Gasteiger partial charge on any atom is 0.195 e. The molecule has 0 fully saturated rings. The lowest BCUT2D eigenvalue weighted by Crippen LogP contribution is -1.96. The van der Waals surface area contributed by atoms with E-state index in [9.17, 15) is 9.50 Å². The molecule has 0 aliphatic rings. The molecule has 0 radical (unpaired) electrons. The predicted molar refractivity (Wildman–Crippen MR) is 53.3 cm³/mol. The van der Waals surface area contributed by atoms with E-state index in [2.05, 4.69) is 0 Å². The lowest BCUT2D eigenvalue weighted by Gasteiger charge is -2.10. The standard InChI is InChI=1S/C10H12ClFO2/c1-5(2)3-6-4-7(12)9(13)10(14)8(6)11/h4-5,13-14H,3H2,1-2H3. The highest BCUT2D eigenvalue weighted by Crippen LogP contribution is 2.38. The molecule has 0 aliphatic carbocycles. The summed E-state index contributed by atoms with van der Waals surface area (Å²) in [6.07, 6.45) is 0.559. The average Bonchev–Trinajstić information content (AvgIpc) is 2.10. The summed E-state index contributed by atoms with van der Waals surface area (Å²) < 4.78 is 13.0. The van der Waals surface area contributed by atoms with Gasteiger partial charge in [-0.05, 0) is 24.0 Å². The summed E-state index contributed by atoms with van der Waals surface area (Å²) in [4.78, 5) is 0. The third-order valence-corrected chi connectivity index (χ3v) is 2.29. The number of aromatic hydroxyl groups is 2. The van der Waals surface area contributed by atoms with Crippen LogP contribution in [0.1, 0.15) is 19.4 Å². The van der Waals surface area contributed by atoms with Crippen LogP contribution in [0.25, 0.3) is 0 Å². The summed E-state index contributed by atoms with van der Waals surface area (Å²) in [5.74, 6) is -1.91. The van der Waals surface area contributed by atoms with E-state index in [1.165, 1.54) is 0 Å². The van der Waals surface area contributed by atoms with Crippen LogP contribution in [0.15, 0.2) is 6.07 Å². The highest BCUT2D eigenvalue weighted by atomic mass is 35.5. The topological polar surface area (TPSA) is 40.5 Å². The Hall–Kier alpha value is -0.960. The Morgan fingerprint density at radius 2 is 1.93 bits per heavy atom. The zero-order valence-electron chi connectivity index (χ0n) is 8.01. The molecule has 0 bridgehead atoms. The van der Waals surface area contributed by atoms with Crippen LogP contribution in [0.5, 0.6) is 11.5 Å². The van der Waals surface area contributed by atoms with Crippen LogP contribution >= 0.6 is 11.6 Å². The van der Waals surface area contributed by atoms with Gasteiger partial charge in [-0.2, -0.15) is 0 Å². The van der Waals surface area contributed by atoms with Gasteiger partial charge in [0.1, 0.15) is 0 Å². The molecule has 2 N–H and O–H groups in total. The molecule has 1 aromatic rings. The van der Waals surface area contributed by atoms with Crippen LogP contribution in [0.3, 0.4) is 0 Å². The van der Waals surface area contributed by atoms with Gasteiger partial charge in [-0.25, -0.2) is 4.39 Å². The first-order valence-corrected chi connectivity index (χ1v) is 4.70. The molecular formula is C10H12ClFO2. The average molecular weight is 219 g/mol. The molecule has 0 aromatic heterocycles. The van der Waals surface area contributed by atoms with Crippen LogP contribution in [-0.4, -0.2) is 10.2 Å². The van der Waals surface area contributed by atoms with Gasteiger partial charge in [0.25, 0.3) is 0 Å². The van der Waals surface area contributed by atoms with Gasteiger partial charge in [0, 0.05) is 0 Å². The van der Waals surface area contributed by atoms with Gasteiger partial charge < -0.3 is 10.2 Å². The Labute approximate surface area is 86.9 Å². The van der Waals surface area contributed by atoms with Crippen LogP contribution < -0.4 is 0 Å². The van der Waals surface area contributed by atoms with Gasteiger partial charge in [0.2, 0.25) is 0 Å². The maximum absolute atomic E-state index is 13.0. The van der Waals surface area contributed by atoms with Crippen molar-refractivity contribution >= 4 is 11.6 Å². The molecule has 4 heteroatoms. The maximum atomic E-state index is 13.0. The van der Waals surface area contributed by atoms with Crippen molar-refractivity contribution in [3.8, 4) is 11.5 Å². The van der Waals surface area contributed by atoms with E-state index in [-0.39, 0.29) is 5.02 Å². The Morgan fingerprint density at radius 1 is 1.36 bits per heavy atom. The number of phenolic OH excluding ortho intramolecular Hbond substituents is 2. The van der Waals surface area contributed by atoms with Crippen molar-refractivity contribution in [3.63, 3.8) is 0 Å². The van der Waals surface area contributed by atoms with Gasteiger partial charge in [-0.3, -0.25) is 0 Å². The highest BCUT2D eigenvalue weighted by molar-refractivity contribution is 6.33. The summed E-state index contributed by atoms with van der Waals surface area (Å²) >= 11 is 5.74. The van der Waals surface area contributed by atoms with Crippen molar-refractivity contribution in [1.82, 2.24) is 0 Å². The molecule has 1 aromatic carbocycles. The quantitative estimate of drug-likeness (QED) is 0.749. The molecule has 0 aliphatic heterocycles. The fourth-order valence-electron chi connectivity index (χ4n) is 1.24. The second kappa shape index (κ2) is 4.05. The van der Waals surface area contributed by atoms with E-state index in [4.69, 9.17) is 16.7 Å². The molecule has 14 heavy (non-hydrogen) atoms. The van der Waals surface area contributed by atoms with E-state index < -0.39 is 17.3 Å². The monoisotopic (exact) mass is 218 g/mol. The fraction of sp³-hybridized carbons (Fsp3) is 0.400. The third kappa shape index (κ3) is 2.10. The molecule has 2 nitrogen and oxygen atoms in total. The Kier molecular flexibility index (Phi) is 3.21. The van der Waals surface area contributed by atoms with Crippen molar-refractivity contribution in [1.29, 1.82) is 0 Å². The number of rotatable bonds is 2. The normalized spacial score (nSPS) is 10.9. The molecule has 0 saturated heterocycles. The van der Waals surface area contributed by atoms with E-state index in [1.807, 2.05) is 13.8 Å². The number of hydrogen-bond acceptors (Lipinski definition) is 2. The van der Waals surface area contributed by atoms with Crippen molar-refractivity contribution < 1.29 is 14.6 Å². The summed E-state index contributed by atoms with van der Waals surface area (Å²) in [6, 6.07) is 1.15. The third-order valence-electron chi connectivity index (χ3n) is 1.87. The van der Waals surface area contributed by atoms with Gasteiger partial charge in [-0.15, -0.1) is 0 Å². The molecule has 1 rings (SSSR count). The van der Waals surface area contributed by atoms with E-state index >= 15 is 0 Å². The van der Waals surface area contributed by atoms with Crippen molar-refractivity contribution in [3.05, 3.63) is 22.5 Å². The summed E-state index contributed by atoms with van der Waals surface area (Å²) in [5, 5.41) is 18.3. The lowest BCUT2D eigenvalue weighted by atomic mass is 10.0. The molecular weight excluding hydrogens is 207 g/mol. The van der Waals surface area contributed by atoms with Crippen molar-refractivity contribution in [2.24, 2.45) is 5.92 Å². The second-order valence-corrected chi connectivity index (χ2v) is 4.00. The minimum atomic E-state index is -0.845.